The molecule has 5 nitrogen and oxygen atoms in total. The first kappa shape index (κ1) is 26.1. The number of ketones is 1. The van der Waals surface area contributed by atoms with E-state index in [9.17, 15) is 9.59 Å². The van der Waals surface area contributed by atoms with Gasteiger partial charge in [-0.05, 0) is 72.0 Å². The van der Waals surface area contributed by atoms with Crippen LogP contribution in [0.2, 0.25) is 0 Å². The van der Waals surface area contributed by atoms with E-state index in [1.807, 2.05) is 65.4 Å². The van der Waals surface area contributed by atoms with E-state index in [0.717, 1.165) is 29.3 Å². The average molecular weight is 494 g/mol. The van der Waals surface area contributed by atoms with Crippen molar-refractivity contribution in [3.63, 3.8) is 0 Å². The van der Waals surface area contributed by atoms with Crippen LogP contribution in [0.3, 0.4) is 0 Å². The van der Waals surface area contributed by atoms with Gasteiger partial charge in [0.05, 0.1) is 6.54 Å². The van der Waals surface area contributed by atoms with Crippen LogP contribution in [0.1, 0.15) is 29.3 Å². The third-order valence-corrected chi connectivity index (χ3v) is 6.76. The fourth-order valence-electron chi connectivity index (χ4n) is 4.49. The molecule has 0 unspecified atom stereocenters. The third-order valence-electron chi connectivity index (χ3n) is 6.76. The Morgan fingerprint density at radius 2 is 1.46 bits per heavy atom. The molecule has 0 spiro atoms. The molecule has 4 aromatic carbocycles. The first-order valence-corrected chi connectivity index (χ1v) is 12.8. The van der Waals surface area contributed by atoms with Crippen molar-refractivity contribution >= 4 is 28.2 Å². The Morgan fingerprint density at radius 3 is 2.16 bits per heavy atom. The largest absolute Gasteiger partial charge is 0.365 e. The van der Waals surface area contributed by atoms with Gasteiger partial charge in [-0.15, -0.1) is 0 Å². The average Bonchev–Trinajstić information content (AvgIpc) is 2.93. The van der Waals surface area contributed by atoms with Crippen LogP contribution in [0.15, 0.2) is 91.0 Å². The summed E-state index contributed by atoms with van der Waals surface area (Å²) in [6.07, 6.45) is 1.57. The van der Waals surface area contributed by atoms with Gasteiger partial charge >= 0.3 is 0 Å². The maximum atomic E-state index is 13.3. The predicted molar refractivity (Wildman–Crippen MR) is 153 cm³/mol. The van der Waals surface area contributed by atoms with E-state index >= 15 is 0 Å². The monoisotopic (exact) mass is 493 g/mol. The lowest BCUT2D eigenvalue weighted by Gasteiger charge is -2.27. The van der Waals surface area contributed by atoms with E-state index in [0.29, 0.717) is 25.2 Å². The van der Waals surface area contributed by atoms with Crippen LogP contribution >= 0.6 is 0 Å². The molecule has 4 aromatic rings. The number of amides is 1. The first-order valence-electron chi connectivity index (χ1n) is 12.8. The zero-order valence-corrected chi connectivity index (χ0v) is 21.7. The summed E-state index contributed by atoms with van der Waals surface area (Å²) in [4.78, 5) is 28.9. The second-order valence-electron chi connectivity index (χ2n) is 9.49. The van der Waals surface area contributed by atoms with Gasteiger partial charge in [-0.3, -0.25) is 9.59 Å². The van der Waals surface area contributed by atoms with Crippen molar-refractivity contribution < 1.29 is 9.59 Å². The lowest BCUT2D eigenvalue weighted by molar-refractivity contribution is -0.129. The van der Waals surface area contributed by atoms with Gasteiger partial charge in [0.15, 0.2) is 5.78 Å². The summed E-state index contributed by atoms with van der Waals surface area (Å²) in [5.74, 6) is 0.141. The van der Waals surface area contributed by atoms with Crippen LogP contribution in [0.5, 0.6) is 0 Å². The minimum atomic E-state index is 0.0541. The topological polar surface area (TPSA) is 66.6 Å². The second-order valence-corrected chi connectivity index (χ2v) is 9.49. The number of nitrogens with two attached hydrogens (primary N) is 1. The molecule has 0 aliphatic carbocycles. The highest BCUT2D eigenvalue weighted by atomic mass is 16.2. The van der Waals surface area contributed by atoms with Crippen molar-refractivity contribution in [2.45, 2.75) is 19.8 Å². The summed E-state index contributed by atoms with van der Waals surface area (Å²) in [5, 5.41) is 2.06. The standard InChI is InChI=1S/C32H35N3O2/c1-24(36)28-13-14-30-22-31(16-15-29(30)21-28)34(2)23-32(37)35(19-6-18-33)20-17-25-9-11-27(12-10-25)26-7-4-3-5-8-26/h3-5,7-16,21-22H,6,17-20,23,33H2,1-2H3. The SMILES string of the molecule is CC(=O)c1ccc2cc(N(C)CC(=O)N(CCCN)CCc3ccc(-c4ccccc4)cc3)ccc2c1. The van der Waals surface area contributed by atoms with E-state index in [1.54, 1.807) is 6.92 Å². The molecule has 0 fully saturated rings. The van der Waals surface area contributed by atoms with Crippen molar-refractivity contribution in [1.82, 2.24) is 4.90 Å². The second kappa shape index (κ2) is 12.3. The Kier molecular flexibility index (Phi) is 8.70. The molecule has 1 amide bonds. The summed E-state index contributed by atoms with van der Waals surface area (Å²) in [6, 6.07) is 30.7. The molecular formula is C32H35N3O2. The van der Waals surface area contributed by atoms with E-state index in [4.69, 9.17) is 5.73 Å². The quantitative estimate of drug-likeness (QED) is 0.278. The Bertz CT molecular complexity index is 1350. The lowest BCUT2D eigenvalue weighted by Crippen LogP contribution is -2.41. The van der Waals surface area contributed by atoms with Crippen molar-refractivity contribution in [3.8, 4) is 11.1 Å². The first-order chi connectivity index (χ1) is 17.9. The van der Waals surface area contributed by atoms with Gasteiger partial charge in [-0.1, -0.05) is 72.8 Å². The molecule has 0 bridgehead atoms. The van der Waals surface area contributed by atoms with Crippen LogP contribution in [0.25, 0.3) is 21.9 Å². The lowest BCUT2D eigenvalue weighted by atomic mass is 10.0. The molecular weight excluding hydrogens is 458 g/mol. The van der Waals surface area contributed by atoms with E-state index in [-0.39, 0.29) is 18.2 Å². The summed E-state index contributed by atoms with van der Waals surface area (Å²) in [6.45, 7) is 3.72. The fourth-order valence-corrected chi connectivity index (χ4v) is 4.49. The maximum Gasteiger partial charge on any atom is 0.242 e. The van der Waals surface area contributed by atoms with Gasteiger partial charge in [0.1, 0.15) is 0 Å². The van der Waals surface area contributed by atoms with Gasteiger partial charge in [0, 0.05) is 31.4 Å². The van der Waals surface area contributed by atoms with E-state index in [1.165, 1.54) is 16.7 Å². The zero-order valence-electron chi connectivity index (χ0n) is 21.7. The van der Waals surface area contributed by atoms with Crippen LogP contribution in [-0.2, 0) is 11.2 Å². The Morgan fingerprint density at radius 1 is 0.784 bits per heavy atom. The molecule has 0 radical (unpaired) electrons. The van der Waals surface area contributed by atoms with E-state index in [2.05, 4.69) is 42.5 Å². The van der Waals surface area contributed by atoms with Gasteiger partial charge in [0.2, 0.25) is 5.91 Å². The third kappa shape index (κ3) is 6.83. The number of benzene rings is 4. The molecule has 0 saturated heterocycles. The number of anilines is 1. The minimum Gasteiger partial charge on any atom is -0.365 e. The Balaban J connectivity index is 1.40. The highest BCUT2D eigenvalue weighted by Crippen LogP contribution is 2.23. The molecule has 2 N–H and O–H groups in total. The van der Waals surface area contributed by atoms with Gasteiger partial charge in [-0.2, -0.15) is 0 Å². The number of hydrogen-bond acceptors (Lipinski definition) is 4. The summed E-state index contributed by atoms with van der Waals surface area (Å²) >= 11 is 0. The number of fused-ring (bicyclic) bond motifs is 1. The van der Waals surface area contributed by atoms with Crippen molar-refractivity contribution in [1.29, 1.82) is 0 Å². The number of carbonyl (C=O) groups is 2. The highest BCUT2D eigenvalue weighted by Gasteiger charge is 2.16. The summed E-state index contributed by atoms with van der Waals surface area (Å²) in [5.41, 5.74) is 11.0. The Labute approximate surface area is 219 Å². The summed E-state index contributed by atoms with van der Waals surface area (Å²) in [7, 11) is 1.94. The van der Waals surface area contributed by atoms with Crippen molar-refractivity contribution in [3.05, 3.63) is 102 Å². The Hall–Kier alpha value is -3.96. The smallest absolute Gasteiger partial charge is 0.242 e. The molecule has 0 atom stereocenters. The molecule has 190 valence electrons. The number of carbonyl (C=O) groups excluding carboxylic acids is 2. The number of likely N-dealkylation sites (N-methyl/N-ethyl adjacent to an activating group) is 1. The van der Waals surface area contributed by atoms with Crippen LogP contribution < -0.4 is 10.6 Å². The molecule has 5 heteroatoms. The molecule has 4 rings (SSSR count). The minimum absolute atomic E-state index is 0.0541. The van der Waals surface area contributed by atoms with Crippen LogP contribution in [0, 0.1) is 0 Å². The molecule has 0 aliphatic heterocycles. The van der Waals surface area contributed by atoms with Gasteiger partial charge < -0.3 is 15.5 Å². The molecule has 0 aliphatic rings. The molecule has 37 heavy (non-hydrogen) atoms. The van der Waals surface area contributed by atoms with Gasteiger partial charge in [0.25, 0.3) is 0 Å². The normalized spacial score (nSPS) is 10.9. The van der Waals surface area contributed by atoms with Crippen molar-refractivity contribution in [2.75, 3.05) is 38.1 Å². The zero-order chi connectivity index (χ0) is 26.2. The van der Waals surface area contributed by atoms with E-state index < -0.39 is 0 Å². The number of hydrogen-bond donors (Lipinski definition) is 1. The van der Waals surface area contributed by atoms with Crippen LogP contribution in [0.4, 0.5) is 5.69 Å². The van der Waals surface area contributed by atoms with Crippen molar-refractivity contribution in [2.24, 2.45) is 5.73 Å². The molecule has 0 heterocycles. The number of Topliss-reactive ketones (excluding diaryl/α,β-unsaturated/α-hetero) is 1. The highest BCUT2D eigenvalue weighted by molar-refractivity contribution is 5.99. The number of nitrogens with zero attached hydrogens (tertiary/aromatic N) is 2. The summed E-state index contributed by atoms with van der Waals surface area (Å²) < 4.78 is 0. The molecule has 0 saturated carbocycles. The predicted octanol–water partition coefficient (Wildman–Crippen LogP) is 5.57. The fraction of sp³-hybridized carbons (Fsp3) is 0.250. The molecule has 0 aromatic heterocycles. The van der Waals surface area contributed by atoms with Gasteiger partial charge in [-0.25, -0.2) is 0 Å². The van der Waals surface area contributed by atoms with Crippen LogP contribution in [-0.4, -0.2) is 49.8 Å². The maximum absolute atomic E-state index is 13.3. The number of rotatable bonds is 11.